The molecule has 2 aliphatic heterocycles. The van der Waals surface area contributed by atoms with Crippen LogP contribution in [0.5, 0.6) is 0 Å². The van der Waals surface area contributed by atoms with Gasteiger partial charge < -0.3 is 9.64 Å². The molecule has 1 amide bonds. The predicted molar refractivity (Wildman–Crippen MR) is 108 cm³/mol. The molecule has 2 aliphatic rings. The number of rotatable bonds is 5. The highest BCUT2D eigenvalue weighted by Crippen LogP contribution is 2.33. The number of halogens is 1. The van der Waals surface area contributed by atoms with E-state index in [0.717, 1.165) is 51.1 Å². The molecule has 0 aliphatic carbocycles. The number of piperazine rings is 1. The van der Waals surface area contributed by atoms with E-state index >= 15 is 0 Å². The fraction of sp³-hybridized carbons (Fsp3) is 0.364. The van der Waals surface area contributed by atoms with Gasteiger partial charge in [0.05, 0.1) is 5.56 Å². The van der Waals surface area contributed by atoms with E-state index in [9.17, 15) is 9.59 Å². The fourth-order valence-electron chi connectivity index (χ4n) is 3.88. The van der Waals surface area contributed by atoms with Gasteiger partial charge in [0.15, 0.2) is 0 Å². The maximum Gasteiger partial charge on any atom is 0.339 e. The van der Waals surface area contributed by atoms with Crippen LogP contribution in [0.15, 0.2) is 48.5 Å². The molecule has 4 rings (SSSR count). The number of ether oxygens (including phenoxy) is 1. The molecule has 5 nitrogen and oxygen atoms in total. The van der Waals surface area contributed by atoms with Crippen LogP contribution >= 0.6 is 11.6 Å². The van der Waals surface area contributed by atoms with Crippen molar-refractivity contribution in [1.82, 2.24) is 9.80 Å². The highest BCUT2D eigenvalue weighted by atomic mass is 35.5. The van der Waals surface area contributed by atoms with Gasteiger partial charge in [-0.2, -0.15) is 0 Å². The molecule has 2 aromatic rings. The topological polar surface area (TPSA) is 49.9 Å². The number of amides is 1. The lowest BCUT2D eigenvalue weighted by molar-refractivity contribution is 0.0353. The van der Waals surface area contributed by atoms with Crippen molar-refractivity contribution in [3.05, 3.63) is 70.2 Å². The van der Waals surface area contributed by atoms with E-state index in [1.54, 1.807) is 24.3 Å². The highest BCUT2D eigenvalue weighted by Gasteiger charge is 2.30. The number of carbonyl (C=O) groups is 2. The van der Waals surface area contributed by atoms with Gasteiger partial charge in [0.25, 0.3) is 5.91 Å². The van der Waals surface area contributed by atoms with Crippen molar-refractivity contribution in [2.24, 2.45) is 0 Å². The molecule has 1 unspecified atom stereocenters. The Hall–Kier alpha value is -2.37. The summed E-state index contributed by atoms with van der Waals surface area (Å²) < 4.78 is 5.51. The number of esters is 1. The van der Waals surface area contributed by atoms with Gasteiger partial charge in [0, 0.05) is 42.3 Å². The lowest BCUT2D eigenvalue weighted by Crippen LogP contribution is -2.48. The maximum absolute atomic E-state index is 12.6. The van der Waals surface area contributed by atoms with Gasteiger partial charge in [0.2, 0.25) is 0 Å². The molecular formula is C22H23ClN2O3. The summed E-state index contributed by atoms with van der Waals surface area (Å²) in [7, 11) is 0. The van der Waals surface area contributed by atoms with Gasteiger partial charge >= 0.3 is 5.97 Å². The van der Waals surface area contributed by atoms with Crippen molar-refractivity contribution >= 4 is 23.5 Å². The van der Waals surface area contributed by atoms with Crippen LogP contribution in [0.2, 0.25) is 5.02 Å². The van der Waals surface area contributed by atoms with Crippen LogP contribution in [-0.4, -0.2) is 54.4 Å². The summed E-state index contributed by atoms with van der Waals surface area (Å²) in [5.74, 6) is -0.152. The van der Waals surface area contributed by atoms with Crippen molar-refractivity contribution in [3.8, 4) is 0 Å². The zero-order valence-electron chi connectivity index (χ0n) is 15.6. The van der Waals surface area contributed by atoms with Gasteiger partial charge in [-0.25, -0.2) is 4.79 Å². The second-order valence-corrected chi connectivity index (χ2v) is 7.70. The Morgan fingerprint density at radius 1 is 1.04 bits per heavy atom. The van der Waals surface area contributed by atoms with Crippen molar-refractivity contribution in [1.29, 1.82) is 0 Å². The van der Waals surface area contributed by atoms with Gasteiger partial charge in [-0.05, 0) is 49.7 Å². The van der Waals surface area contributed by atoms with E-state index in [2.05, 4.69) is 4.90 Å². The van der Waals surface area contributed by atoms with E-state index in [1.165, 1.54) is 0 Å². The smallest absolute Gasteiger partial charge is 0.339 e. The lowest BCUT2D eigenvalue weighted by atomic mass is 10.0. The number of cyclic esters (lactones) is 1. The highest BCUT2D eigenvalue weighted by molar-refractivity contribution is 6.30. The monoisotopic (exact) mass is 398 g/mol. The third-order valence-corrected chi connectivity index (χ3v) is 5.72. The van der Waals surface area contributed by atoms with Crippen LogP contribution in [0.25, 0.3) is 0 Å². The molecule has 1 fully saturated rings. The second kappa shape index (κ2) is 8.33. The molecule has 0 N–H and O–H groups in total. The molecule has 2 aromatic carbocycles. The van der Waals surface area contributed by atoms with Gasteiger partial charge in [-0.1, -0.05) is 29.8 Å². The largest absolute Gasteiger partial charge is 0.454 e. The summed E-state index contributed by atoms with van der Waals surface area (Å²) in [6, 6.07) is 14.7. The Bertz CT molecular complexity index is 860. The molecule has 0 spiro atoms. The standard InChI is InChI=1S/C22H23ClN2O3/c23-17-9-7-16(8-10-17)21(26)25-14-12-24(13-15-25)11-3-6-20-18-4-1-2-5-19(18)22(27)28-20/h1-2,4-5,7-10,20H,3,6,11-15H2. The summed E-state index contributed by atoms with van der Waals surface area (Å²) in [5.41, 5.74) is 2.38. The quantitative estimate of drug-likeness (QED) is 0.719. The number of fused-ring (bicyclic) bond motifs is 1. The Kier molecular flexibility index (Phi) is 5.64. The second-order valence-electron chi connectivity index (χ2n) is 7.26. The molecule has 0 aromatic heterocycles. The van der Waals surface area contributed by atoms with Crippen molar-refractivity contribution in [3.63, 3.8) is 0 Å². The van der Waals surface area contributed by atoms with Crippen LogP contribution in [0, 0.1) is 0 Å². The lowest BCUT2D eigenvalue weighted by Gasteiger charge is -2.35. The Morgan fingerprint density at radius 2 is 1.75 bits per heavy atom. The van der Waals surface area contributed by atoms with Gasteiger partial charge in [0.1, 0.15) is 6.10 Å². The first-order chi connectivity index (χ1) is 13.6. The van der Waals surface area contributed by atoms with E-state index in [0.29, 0.717) is 16.1 Å². The molecular weight excluding hydrogens is 376 g/mol. The third kappa shape index (κ3) is 4.05. The van der Waals surface area contributed by atoms with Crippen LogP contribution in [-0.2, 0) is 4.74 Å². The SMILES string of the molecule is O=C1OC(CCCN2CCN(C(=O)c3ccc(Cl)cc3)CC2)c2ccccc21. The summed E-state index contributed by atoms with van der Waals surface area (Å²) in [6.45, 7) is 4.12. The predicted octanol–water partition coefficient (Wildman–Crippen LogP) is 3.79. The van der Waals surface area contributed by atoms with Crippen molar-refractivity contribution in [2.75, 3.05) is 32.7 Å². The molecule has 28 heavy (non-hydrogen) atoms. The minimum absolute atomic E-state index is 0.0609. The molecule has 1 saturated heterocycles. The molecule has 146 valence electrons. The number of benzene rings is 2. The zero-order valence-corrected chi connectivity index (χ0v) is 16.4. The molecule has 0 radical (unpaired) electrons. The zero-order chi connectivity index (χ0) is 19.5. The maximum atomic E-state index is 12.6. The van der Waals surface area contributed by atoms with Gasteiger partial charge in [-0.3, -0.25) is 9.69 Å². The first kappa shape index (κ1) is 19.0. The average molecular weight is 399 g/mol. The van der Waals surface area contributed by atoms with Crippen LogP contribution < -0.4 is 0 Å². The number of hydrogen-bond acceptors (Lipinski definition) is 4. The number of carbonyl (C=O) groups excluding carboxylic acids is 2. The minimum Gasteiger partial charge on any atom is -0.454 e. The van der Waals surface area contributed by atoms with E-state index in [4.69, 9.17) is 16.3 Å². The first-order valence-corrected chi connectivity index (χ1v) is 10.1. The summed E-state index contributed by atoms with van der Waals surface area (Å²) in [5, 5.41) is 0.636. The first-order valence-electron chi connectivity index (χ1n) is 9.69. The average Bonchev–Trinajstić information content (AvgIpc) is 3.05. The van der Waals surface area contributed by atoms with E-state index < -0.39 is 0 Å². The normalized spacial score (nSPS) is 19.4. The van der Waals surface area contributed by atoms with Gasteiger partial charge in [-0.15, -0.1) is 0 Å². The van der Waals surface area contributed by atoms with Crippen LogP contribution in [0.4, 0.5) is 0 Å². The molecule has 6 heteroatoms. The third-order valence-electron chi connectivity index (χ3n) is 5.47. The number of hydrogen-bond donors (Lipinski definition) is 0. The van der Waals surface area contributed by atoms with Crippen LogP contribution in [0.3, 0.4) is 0 Å². The molecule has 0 saturated carbocycles. The summed E-state index contributed by atoms with van der Waals surface area (Å²) >= 11 is 5.89. The fourth-order valence-corrected chi connectivity index (χ4v) is 4.01. The molecule has 1 atom stereocenters. The van der Waals surface area contributed by atoms with E-state index in [-0.39, 0.29) is 18.0 Å². The van der Waals surface area contributed by atoms with Crippen LogP contribution in [0.1, 0.15) is 45.2 Å². The van der Waals surface area contributed by atoms with Crippen molar-refractivity contribution < 1.29 is 14.3 Å². The Labute approximate surface area is 169 Å². The molecule has 0 bridgehead atoms. The molecule has 2 heterocycles. The Balaban J connectivity index is 1.23. The van der Waals surface area contributed by atoms with E-state index in [1.807, 2.05) is 29.2 Å². The Morgan fingerprint density at radius 3 is 2.50 bits per heavy atom. The minimum atomic E-state index is -0.213. The number of nitrogens with zero attached hydrogens (tertiary/aromatic N) is 2. The summed E-state index contributed by atoms with van der Waals surface area (Å²) in [4.78, 5) is 28.7. The van der Waals surface area contributed by atoms with Crippen molar-refractivity contribution in [2.45, 2.75) is 18.9 Å². The summed E-state index contributed by atoms with van der Waals surface area (Å²) in [6.07, 6.45) is 1.65.